The Morgan fingerprint density at radius 1 is 1.50 bits per heavy atom. The molecule has 5 nitrogen and oxygen atoms in total. The van der Waals surface area contributed by atoms with Gasteiger partial charge in [-0.2, -0.15) is 4.57 Å². The molecule has 5 heteroatoms. The van der Waals surface area contributed by atoms with Crippen LogP contribution < -0.4 is 21.6 Å². The van der Waals surface area contributed by atoms with Crippen molar-refractivity contribution in [1.82, 2.24) is 5.43 Å². The SMILES string of the molecule is NNC(=O)C[n+]1ccc(N)cc1. The molecule has 0 aliphatic heterocycles. The van der Waals surface area contributed by atoms with Crippen LogP contribution in [0, 0.1) is 0 Å². The number of nitrogens with zero attached hydrogens (tertiary/aromatic N) is 1. The zero-order valence-electron chi connectivity index (χ0n) is 6.53. The molecule has 0 radical (unpaired) electrons. The lowest BCUT2D eigenvalue weighted by Gasteiger charge is -1.95. The van der Waals surface area contributed by atoms with Crippen LogP contribution in [0.25, 0.3) is 0 Å². The molecule has 1 aromatic heterocycles. The Morgan fingerprint density at radius 2 is 2.08 bits per heavy atom. The fourth-order valence-electron chi connectivity index (χ4n) is 0.786. The molecule has 12 heavy (non-hydrogen) atoms. The van der Waals surface area contributed by atoms with Crippen LogP contribution in [0.5, 0.6) is 0 Å². The second-order valence-corrected chi connectivity index (χ2v) is 2.37. The van der Waals surface area contributed by atoms with E-state index in [2.05, 4.69) is 0 Å². The van der Waals surface area contributed by atoms with E-state index in [1.807, 2.05) is 5.43 Å². The second kappa shape index (κ2) is 3.68. The fourth-order valence-corrected chi connectivity index (χ4v) is 0.786. The summed E-state index contributed by atoms with van der Waals surface area (Å²) in [7, 11) is 0. The molecule has 5 N–H and O–H groups in total. The molecular formula is C7H11N4O+. The fraction of sp³-hybridized carbons (Fsp3) is 0.143. The van der Waals surface area contributed by atoms with Crippen molar-refractivity contribution in [2.75, 3.05) is 5.73 Å². The number of nitrogens with one attached hydrogen (secondary N) is 1. The quantitative estimate of drug-likeness (QED) is 0.218. The number of anilines is 1. The Labute approximate surface area is 70.0 Å². The molecule has 64 valence electrons. The van der Waals surface area contributed by atoms with E-state index >= 15 is 0 Å². The van der Waals surface area contributed by atoms with Gasteiger partial charge in [0.1, 0.15) is 0 Å². The van der Waals surface area contributed by atoms with Crippen LogP contribution in [0.15, 0.2) is 24.5 Å². The lowest BCUT2D eigenvalue weighted by atomic mass is 10.4. The van der Waals surface area contributed by atoms with Gasteiger partial charge in [-0.25, -0.2) is 5.84 Å². The standard InChI is InChI=1S/C7H10N4O/c8-6-1-3-11(4-2-6)5-7(12)10-9/h1-4,8H,5,9H2,(H,10,12)/p+1. The summed E-state index contributed by atoms with van der Waals surface area (Å²) in [4.78, 5) is 10.8. The van der Waals surface area contributed by atoms with Gasteiger partial charge in [0.05, 0.1) is 0 Å². The molecule has 1 heterocycles. The number of aromatic nitrogens is 1. The van der Waals surface area contributed by atoms with E-state index in [0.29, 0.717) is 5.69 Å². The smallest absolute Gasteiger partial charge is 0.299 e. The summed E-state index contributed by atoms with van der Waals surface area (Å²) in [6.45, 7) is 0.205. The molecule has 0 atom stereocenters. The molecule has 0 fully saturated rings. The van der Waals surface area contributed by atoms with E-state index in [4.69, 9.17) is 11.6 Å². The third kappa shape index (κ3) is 2.21. The molecule has 0 saturated heterocycles. The van der Waals surface area contributed by atoms with Gasteiger partial charge in [0, 0.05) is 17.8 Å². The van der Waals surface area contributed by atoms with E-state index in [1.165, 1.54) is 0 Å². The molecule has 0 saturated carbocycles. The van der Waals surface area contributed by atoms with Gasteiger partial charge in [-0.15, -0.1) is 0 Å². The number of rotatable bonds is 2. The summed E-state index contributed by atoms with van der Waals surface area (Å²) in [5.74, 6) is 4.67. The first kappa shape index (κ1) is 8.48. The highest BCUT2D eigenvalue weighted by Crippen LogP contribution is 1.92. The van der Waals surface area contributed by atoms with Crippen molar-refractivity contribution < 1.29 is 9.36 Å². The predicted octanol–water partition coefficient (Wildman–Crippen LogP) is -1.45. The summed E-state index contributed by atoms with van der Waals surface area (Å²) in [6.07, 6.45) is 3.43. The summed E-state index contributed by atoms with van der Waals surface area (Å²) in [5.41, 5.74) is 8.15. The van der Waals surface area contributed by atoms with Gasteiger partial charge < -0.3 is 5.73 Å². The Balaban J connectivity index is 2.64. The van der Waals surface area contributed by atoms with Crippen LogP contribution in [-0.4, -0.2) is 5.91 Å². The summed E-state index contributed by atoms with van der Waals surface area (Å²) in [6, 6.07) is 3.42. The van der Waals surface area contributed by atoms with Gasteiger partial charge in [-0.1, -0.05) is 0 Å². The van der Waals surface area contributed by atoms with E-state index in [9.17, 15) is 4.79 Å². The molecule has 0 spiro atoms. The third-order valence-electron chi connectivity index (χ3n) is 1.40. The van der Waals surface area contributed by atoms with Crippen LogP contribution in [0.1, 0.15) is 0 Å². The average molecular weight is 167 g/mol. The third-order valence-corrected chi connectivity index (χ3v) is 1.40. The molecule has 1 aromatic rings. The number of nitrogen functional groups attached to an aromatic ring is 1. The zero-order valence-corrected chi connectivity index (χ0v) is 6.53. The maximum atomic E-state index is 10.8. The van der Waals surface area contributed by atoms with Crippen molar-refractivity contribution in [3.63, 3.8) is 0 Å². The minimum atomic E-state index is -0.246. The number of amides is 1. The largest absolute Gasteiger partial charge is 0.398 e. The van der Waals surface area contributed by atoms with Gasteiger partial charge in [-0.05, 0) is 0 Å². The van der Waals surface area contributed by atoms with Gasteiger partial charge in [0.2, 0.25) is 6.54 Å². The zero-order chi connectivity index (χ0) is 8.97. The summed E-state index contributed by atoms with van der Waals surface area (Å²) < 4.78 is 1.68. The number of pyridine rings is 1. The van der Waals surface area contributed by atoms with Crippen molar-refractivity contribution in [2.24, 2.45) is 5.84 Å². The molecule has 0 aliphatic carbocycles. The van der Waals surface area contributed by atoms with Crippen molar-refractivity contribution in [3.05, 3.63) is 24.5 Å². The number of nitrogens with two attached hydrogens (primary N) is 2. The molecule has 0 aliphatic rings. The molecule has 1 amide bonds. The highest BCUT2D eigenvalue weighted by atomic mass is 16.2. The number of carbonyl (C=O) groups excluding carboxylic acids is 1. The number of hydrogen-bond donors (Lipinski definition) is 3. The van der Waals surface area contributed by atoms with Crippen LogP contribution in [0.2, 0.25) is 0 Å². The molecule has 0 bridgehead atoms. The van der Waals surface area contributed by atoms with Gasteiger partial charge in [-0.3, -0.25) is 10.2 Å². The van der Waals surface area contributed by atoms with Crippen molar-refractivity contribution in [1.29, 1.82) is 0 Å². The summed E-state index contributed by atoms with van der Waals surface area (Å²) >= 11 is 0. The lowest BCUT2D eigenvalue weighted by Crippen LogP contribution is -2.44. The Morgan fingerprint density at radius 3 is 2.58 bits per heavy atom. The Hall–Kier alpha value is -1.62. The monoisotopic (exact) mass is 167 g/mol. The molecule has 0 unspecified atom stereocenters. The van der Waals surface area contributed by atoms with Gasteiger partial charge in [0.15, 0.2) is 12.4 Å². The van der Waals surface area contributed by atoms with Gasteiger partial charge in [0.25, 0.3) is 5.91 Å². The van der Waals surface area contributed by atoms with E-state index in [-0.39, 0.29) is 12.5 Å². The van der Waals surface area contributed by atoms with E-state index in [1.54, 1.807) is 29.1 Å². The first-order valence-electron chi connectivity index (χ1n) is 3.46. The first-order valence-corrected chi connectivity index (χ1v) is 3.46. The van der Waals surface area contributed by atoms with Crippen molar-refractivity contribution in [2.45, 2.75) is 6.54 Å². The van der Waals surface area contributed by atoms with Crippen LogP contribution in [-0.2, 0) is 11.3 Å². The Bertz CT molecular complexity index is 269. The van der Waals surface area contributed by atoms with E-state index < -0.39 is 0 Å². The maximum absolute atomic E-state index is 10.8. The second-order valence-electron chi connectivity index (χ2n) is 2.37. The Kier molecular flexibility index (Phi) is 2.60. The number of hydrazine groups is 1. The van der Waals surface area contributed by atoms with Crippen molar-refractivity contribution in [3.8, 4) is 0 Å². The van der Waals surface area contributed by atoms with Crippen LogP contribution in [0.4, 0.5) is 5.69 Å². The van der Waals surface area contributed by atoms with Crippen LogP contribution >= 0.6 is 0 Å². The van der Waals surface area contributed by atoms with Gasteiger partial charge >= 0.3 is 0 Å². The first-order chi connectivity index (χ1) is 5.72. The minimum absolute atomic E-state index is 0.205. The maximum Gasteiger partial charge on any atom is 0.299 e. The average Bonchev–Trinajstić information content (AvgIpc) is 2.09. The van der Waals surface area contributed by atoms with Crippen LogP contribution in [0.3, 0.4) is 0 Å². The predicted molar refractivity (Wildman–Crippen MR) is 43.4 cm³/mol. The highest BCUT2D eigenvalue weighted by Gasteiger charge is 2.05. The molecule has 0 aromatic carbocycles. The number of hydrogen-bond acceptors (Lipinski definition) is 3. The number of carbonyl (C=O) groups is 1. The molecule has 1 rings (SSSR count). The topological polar surface area (TPSA) is 85.0 Å². The minimum Gasteiger partial charge on any atom is -0.398 e. The summed E-state index contributed by atoms with van der Waals surface area (Å²) in [5, 5.41) is 0. The van der Waals surface area contributed by atoms with E-state index in [0.717, 1.165) is 0 Å². The highest BCUT2D eigenvalue weighted by molar-refractivity contribution is 5.73. The normalized spacial score (nSPS) is 9.42. The van der Waals surface area contributed by atoms with Crippen molar-refractivity contribution >= 4 is 11.6 Å². The molecular weight excluding hydrogens is 156 g/mol. The lowest BCUT2D eigenvalue weighted by molar-refractivity contribution is -0.684.